The van der Waals surface area contributed by atoms with E-state index in [-0.39, 0.29) is 35.9 Å². The highest BCUT2D eigenvalue weighted by Gasteiger charge is 2.26. The van der Waals surface area contributed by atoms with E-state index in [9.17, 15) is 19.2 Å². The molecule has 0 saturated carbocycles. The molecule has 0 aliphatic carbocycles. The standard InChI is InChI=1S/C29H45NO9/c1-9-11-18(5)26(31)38-24-14-13-22(16-25(24)39-27(32)19(6)12-10-2)15-23(30)28(33)36-20(7)21(8)37-29(34)35-17(3)4/h13-14,16-21,23H,9-12,15,30H2,1-8H3/t18?,19?,20-,21?,23-/m0/s1. The van der Waals surface area contributed by atoms with Crippen LogP contribution >= 0.6 is 0 Å². The van der Waals surface area contributed by atoms with Gasteiger partial charge in [0.1, 0.15) is 18.2 Å². The van der Waals surface area contributed by atoms with Gasteiger partial charge < -0.3 is 29.4 Å². The van der Waals surface area contributed by atoms with Gasteiger partial charge in [-0.2, -0.15) is 0 Å². The molecule has 0 radical (unpaired) electrons. The Morgan fingerprint density at radius 1 is 0.718 bits per heavy atom. The predicted octanol–water partition coefficient (Wildman–Crippen LogP) is 5.12. The molecule has 1 rings (SSSR count). The Balaban J connectivity index is 2.98. The summed E-state index contributed by atoms with van der Waals surface area (Å²) >= 11 is 0. The van der Waals surface area contributed by atoms with Crippen molar-refractivity contribution in [1.29, 1.82) is 0 Å². The Bertz CT molecular complexity index is 962. The van der Waals surface area contributed by atoms with E-state index in [1.807, 2.05) is 13.8 Å². The molecular formula is C29H45NO9. The van der Waals surface area contributed by atoms with Crippen LogP contribution in [0.25, 0.3) is 0 Å². The molecule has 0 bridgehead atoms. The van der Waals surface area contributed by atoms with E-state index in [0.29, 0.717) is 18.4 Å². The molecule has 0 aliphatic rings. The maximum atomic E-state index is 12.6. The highest BCUT2D eigenvalue weighted by Crippen LogP contribution is 2.31. The van der Waals surface area contributed by atoms with Crippen molar-refractivity contribution in [3.8, 4) is 11.5 Å². The molecule has 0 fully saturated rings. The maximum Gasteiger partial charge on any atom is 0.508 e. The number of ether oxygens (including phenoxy) is 5. The van der Waals surface area contributed by atoms with Crippen molar-refractivity contribution in [2.45, 2.75) is 112 Å². The van der Waals surface area contributed by atoms with Gasteiger partial charge in [0.2, 0.25) is 0 Å². The largest absolute Gasteiger partial charge is 0.508 e. The van der Waals surface area contributed by atoms with E-state index in [1.54, 1.807) is 47.6 Å². The minimum Gasteiger partial charge on any atom is -0.458 e. The van der Waals surface area contributed by atoms with Crippen molar-refractivity contribution in [1.82, 2.24) is 0 Å². The molecule has 0 aliphatic heterocycles. The van der Waals surface area contributed by atoms with Gasteiger partial charge in [-0.05, 0) is 64.7 Å². The van der Waals surface area contributed by atoms with E-state index < -0.39 is 42.3 Å². The number of rotatable bonds is 15. The molecule has 0 saturated heterocycles. The zero-order chi connectivity index (χ0) is 29.7. The number of nitrogens with two attached hydrogens (primary N) is 1. The Kier molecular flexibility index (Phi) is 14.5. The predicted molar refractivity (Wildman–Crippen MR) is 145 cm³/mol. The summed E-state index contributed by atoms with van der Waals surface area (Å²) in [5.74, 6) is -2.04. The van der Waals surface area contributed by atoms with E-state index in [4.69, 9.17) is 29.4 Å². The molecule has 0 aromatic heterocycles. The zero-order valence-corrected chi connectivity index (χ0v) is 24.5. The fourth-order valence-corrected chi connectivity index (χ4v) is 3.53. The first-order valence-electron chi connectivity index (χ1n) is 13.7. The van der Waals surface area contributed by atoms with Gasteiger partial charge in [0.15, 0.2) is 11.5 Å². The topological polar surface area (TPSA) is 140 Å². The first kappa shape index (κ1) is 33.9. The number of hydrogen-bond donors (Lipinski definition) is 1. The van der Waals surface area contributed by atoms with Crippen LogP contribution in [0.2, 0.25) is 0 Å². The Hall–Kier alpha value is -3.14. The molecule has 1 aromatic rings. The van der Waals surface area contributed by atoms with Gasteiger partial charge in [0.05, 0.1) is 17.9 Å². The number of carbonyl (C=O) groups excluding carboxylic acids is 4. The van der Waals surface area contributed by atoms with Crippen LogP contribution in [-0.4, -0.2) is 48.4 Å². The van der Waals surface area contributed by atoms with Gasteiger partial charge in [-0.25, -0.2) is 4.79 Å². The quantitative estimate of drug-likeness (QED) is 0.231. The van der Waals surface area contributed by atoms with Crippen LogP contribution in [0.1, 0.15) is 86.6 Å². The van der Waals surface area contributed by atoms with Crippen LogP contribution in [0.4, 0.5) is 4.79 Å². The molecule has 10 nitrogen and oxygen atoms in total. The summed E-state index contributed by atoms with van der Waals surface area (Å²) in [5, 5.41) is 0. The monoisotopic (exact) mass is 551 g/mol. The van der Waals surface area contributed by atoms with Crippen molar-refractivity contribution in [2.75, 3.05) is 0 Å². The lowest BCUT2D eigenvalue weighted by Crippen LogP contribution is -2.39. The third-order valence-corrected chi connectivity index (χ3v) is 6.01. The molecule has 2 N–H and O–H groups in total. The number of hydrogen-bond acceptors (Lipinski definition) is 10. The highest BCUT2D eigenvalue weighted by atomic mass is 16.7. The van der Waals surface area contributed by atoms with Gasteiger partial charge in [-0.3, -0.25) is 14.4 Å². The summed E-state index contributed by atoms with van der Waals surface area (Å²) in [6, 6.07) is 3.65. The summed E-state index contributed by atoms with van der Waals surface area (Å²) in [6.07, 6.45) is 0.278. The highest BCUT2D eigenvalue weighted by molar-refractivity contribution is 5.79. The molecule has 3 unspecified atom stereocenters. The summed E-state index contributed by atoms with van der Waals surface area (Å²) in [4.78, 5) is 49.5. The second-order valence-corrected chi connectivity index (χ2v) is 10.2. The van der Waals surface area contributed by atoms with Crippen LogP contribution in [0.5, 0.6) is 11.5 Å². The summed E-state index contributed by atoms with van der Waals surface area (Å²) < 4.78 is 26.6. The van der Waals surface area contributed by atoms with Crippen molar-refractivity contribution in [3.05, 3.63) is 23.8 Å². The minimum absolute atomic E-state index is 0.0612. The molecule has 5 atom stereocenters. The Morgan fingerprint density at radius 3 is 1.74 bits per heavy atom. The first-order valence-corrected chi connectivity index (χ1v) is 13.7. The zero-order valence-electron chi connectivity index (χ0n) is 24.5. The van der Waals surface area contributed by atoms with Crippen LogP contribution in [-0.2, 0) is 35.0 Å². The van der Waals surface area contributed by atoms with Crippen LogP contribution in [0.3, 0.4) is 0 Å². The Morgan fingerprint density at radius 2 is 1.23 bits per heavy atom. The number of benzene rings is 1. The average molecular weight is 552 g/mol. The van der Waals surface area contributed by atoms with Crippen molar-refractivity contribution < 1.29 is 42.9 Å². The molecule has 220 valence electrons. The van der Waals surface area contributed by atoms with Gasteiger partial charge >= 0.3 is 24.1 Å². The second-order valence-electron chi connectivity index (χ2n) is 10.2. The SMILES string of the molecule is CCCC(C)C(=O)Oc1ccc(C[C@H](N)C(=O)O[C@@H](C)C(C)OC(=O)OC(C)C)cc1OC(=O)C(C)CCC. The van der Waals surface area contributed by atoms with Gasteiger partial charge in [-0.1, -0.05) is 46.6 Å². The normalized spacial score (nSPS) is 14.9. The minimum atomic E-state index is -1.05. The molecule has 0 amide bonds. The number of esters is 3. The second kappa shape index (κ2) is 16.7. The third kappa shape index (κ3) is 12.1. The smallest absolute Gasteiger partial charge is 0.458 e. The van der Waals surface area contributed by atoms with Gasteiger partial charge in [0, 0.05) is 0 Å². The lowest BCUT2D eigenvalue weighted by molar-refractivity contribution is -0.155. The van der Waals surface area contributed by atoms with Gasteiger partial charge in [-0.15, -0.1) is 0 Å². The van der Waals surface area contributed by atoms with E-state index in [0.717, 1.165) is 12.8 Å². The fraction of sp³-hybridized carbons (Fsp3) is 0.655. The van der Waals surface area contributed by atoms with Gasteiger partial charge in [0.25, 0.3) is 0 Å². The average Bonchev–Trinajstić information content (AvgIpc) is 2.84. The summed E-state index contributed by atoms with van der Waals surface area (Å²) in [7, 11) is 0. The molecular weight excluding hydrogens is 506 g/mol. The van der Waals surface area contributed by atoms with E-state index in [2.05, 4.69) is 0 Å². The molecule has 10 heteroatoms. The lowest BCUT2D eigenvalue weighted by Gasteiger charge is -2.22. The molecule has 0 spiro atoms. The fourth-order valence-electron chi connectivity index (χ4n) is 3.53. The van der Waals surface area contributed by atoms with E-state index >= 15 is 0 Å². The van der Waals surface area contributed by atoms with Crippen LogP contribution in [0.15, 0.2) is 18.2 Å². The van der Waals surface area contributed by atoms with E-state index in [1.165, 1.54) is 12.1 Å². The molecule has 1 aromatic carbocycles. The first-order chi connectivity index (χ1) is 18.3. The summed E-state index contributed by atoms with van der Waals surface area (Å²) in [5.41, 5.74) is 6.67. The molecule has 0 heterocycles. The van der Waals surface area contributed by atoms with Crippen molar-refractivity contribution >= 4 is 24.1 Å². The lowest BCUT2D eigenvalue weighted by atomic mass is 10.0. The number of carbonyl (C=O) groups is 4. The van der Waals surface area contributed by atoms with Crippen molar-refractivity contribution in [2.24, 2.45) is 17.6 Å². The molecule has 39 heavy (non-hydrogen) atoms. The van der Waals surface area contributed by atoms with Crippen LogP contribution in [0, 0.1) is 11.8 Å². The summed E-state index contributed by atoms with van der Waals surface area (Å²) in [6.45, 7) is 14.0. The third-order valence-electron chi connectivity index (χ3n) is 6.01. The Labute approximate surface area is 231 Å². The van der Waals surface area contributed by atoms with Crippen LogP contribution < -0.4 is 15.2 Å². The van der Waals surface area contributed by atoms with Crippen molar-refractivity contribution in [3.63, 3.8) is 0 Å². The maximum absolute atomic E-state index is 12.6.